The highest BCUT2D eigenvalue weighted by Gasteiger charge is 2.37. The third-order valence-electron chi connectivity index (χ3n) is 3.23. The number of carbonyl (C=O) groups excluding carboxylic acids is 1. The van der Waals surface area contributed by atoms with Crippen LogP contribution in [0.1, 0.15) is 26.3 Å². The van der Waals surface area contributed by atoms with Gasteiger partial charge in [0.1, 0.15) is 5.92 Å². The molecule has 0 saturated carbocycles. The molecule has 1 unspecified atom stereocenters. The van der Waals surface area contributed by atoms with Gasteiger partial charge in [0.15, 0.2) is 0 Å². The van der Waals surface area contributed by atoms with Crippen molar-refractivity contribution in [1.82, 2.24) is 0 Å². The van der Waals surface area contributed by atoms with E-state index in [9.17, 15) is 14.7 Å². The number of hydrogen-bond donors (Lipinski definition) is 2. The van der Waals surface area contributed by atoms with Crippen molar-refractivity contribution in [2.45, 2.75) is 27.2 Å². The maximum Gasteiger partial charge on any atom is 0.316 e. The maximum atomic E-state index is 12.3. The zero-order chi connectivity index (χ0) is 16.0. The summed E-state index contributed by atoms with van der Waals surface area (Å²) in [6.45, 7) is 5.75. The fourth-order valence-corrected chi connectivity index (χ4v) is 2.15. The largest absolute Gasteiger partial charge is 0.481 e. The van der Waals surface area contributed by atoms with Crippen molar-refractivity contribution in [2.24, 2.45) is 11.3 Å². The predicted molar refractivity (Wildman–Crippen MR) is 81.2 cm³/mol. The molecule has 1 amide bonds. The molecule has 2 N–H and O–H groups in total. The van der Waals surface area contributed by atoms with Gasteiger partial charge in [-0.25, -0.2) is 0 Å². The van der Waals surface area contributed by atoms with Gasteiger partial charge < -0.3 is 15.2 Å². The number of carbonyl (C=O) groups is 2. The van der Waals surface area contributed by atoms with E-state index in [-0.39, 0.29) is 0 Å². The first-order valence-electron chi connectivity index (χ1n) is 6.88. The van der Waals surface area contributed by atoms with Crippen LogP contribution in [0.2, 0.25) is 0 Å². The average molecular weight is 293 g/mol. The van der Waals surface area contributed by atoms with Gasteiger partial charge in [-0.1, -0.05) is 39.0 Å². The molecule has 0 heterocycles. The summed E-state index contributed by atoms with van der Waals surface area (Å²) in [6.07, 6.45) is 0.653. The number of aliphatic carboxylic acids is 1. The summed E-state index contributed by atoms with van der Waals surface area (Å²) in [4.78, 5) is 23.7. The number of anilines is 1. The van der Waals surface area contributed by atoms with Gasteiger partial charge in [0.05, 0.1) is 6.61 Å². The van der Waals surface area contributed by atoms with Crippen molar-refractivity contribution in [1.29, 1.82) is 0 Å². The zero-order valence-electron chi connectivity index (χ0n) is 13.0. The quantitative estimate of drug-likeness (QED) is 0.790. The Morgan fingerprint density at radius 2 is 1.90 bits per heavy atom. The molecule has 0 spiro atoms. The molecule has 1 rings (SSSR count). The van der Waals surface area contributed by atoms with Crippen molar-refractivity contribution >= 4 is 17.6 Å². The number of carboxylic acids is 1. The number of amides is 1. The highest BCUT2D eigenvalue weighted by atomic mass is 16.5. The van der Waals surface area contributed by atoms with Crippen molar-refractivity contribution in [3.05, 3.63) is 29.8 Å². The Morgan fingerprint density at radius 3 is 2.43 bits per heavy atom. The first kappa shape index (κ1) is 17.2. The standard InChI is InChI=1S/C16H23NO4/c1-16(2,3)13(15(19)20)14(18)17-12-8-6-5-7-11(12)9-10-21-4/h5-8,13H,9-10H2,1-4H3,(H,17,18)(H,19,20). The number of benzene rings is 1. The molecule has 0 radical (unpaired) electrons. The SMILES string of the molecule is COCCc1ccccc1NC(=O)C(C(=O)O)C(C)(C)C. The maximum absolute atomic E-state index is 12.3. The molecule has 0 fully saturated rings. The fraction of sp³-hybridized carbons (Fsp3) is 0.500. The van der Waals surface area contributed by atoms with Crippen LogP contribution in [0.4, 0.5) is 5.69 Å². The molecule has 0 saturated heterocycles. The summed E-state index contributed by atoms with van der Waals surface area (Å²) in [6, 6.07) is 7.34. The van der Waals surface area contributed by atoms with Crippen LogP contribution in [0.25, 0.3) is 0 Å². The molecule has 0 aliphatic carbocycles. The van der Waals surface area contributed by atoms with Gasteiger partial charge in [-0.05, 0) is 23.5 Å². The van der Waals surface area contributed by atoms with Crippen LogP contribution in [0.5, 0.6) is 0 Å². The van der Waals surface area contributed by atoms with E-state index in [2.05, 4.69) is 5.32 Å². The van der Waals surface area contributed by atoms with Crippen molar-refractivity contribution < 1.29 is 19.4 Å². The number of rotatable bonds is 6. The lowest BCUT2D eigenvalue weighted by atomic mass is 9.80. The van der Waals surface area contributed by atoms with E-state index < -0.39 is 23.2 Å². The van der Waals surface area contributed by atoms with Gasteiger partial charge in [0, 0.05) is 12.8 Å². The summed E-state index contributed by atoms with van der Waals surface area (Å²) < 4.78 is 5.04. The van der Waals surface area contributed by atoms with Crippen LogP contribution in [-0.2, 0) is 20.7 Å². The lowest BCUT2D eigenvalue weighted by Gasteiger charge is -2.26. The summed E-state index contributed by atoms with van der Waals surface area (Å²) >= 11 is 0. The van der Waals surface area contributed by atoms with Crippen LogP contribution < -0.4 is 5.32 Å². The molecule has 1 aromatic rings. The monoisotopic (exact) mass is 293 g/mol. The summed E-state index contributed by atoms with van der Waals surface area (Å²) in [7, 11) is 1.61. The Labute approximate surface area is 125 Å². The van der Waals surface area contributed by atoms with Crippen LogP contribution in [0.15, 0.2) is 24.3 Å². The molecule has 0 aliphatic rings. The number of hydrogen-bond acceptors (Lipinski definition) is 3. The number of para-hydroxylation sites is 1. The van der Waals surface area contributed by atoms with Crippen LogP contribution >= 0.6 is 0 Å². The van der Waals surface area contributed by atoms with Gasteiger partial charge in [-0.15, -0.1) is 0 Å². The minimum Gasteiger partial charge on any atom is -0.481 e. The first-order chi connectivity index (χ1) is 9.77. The predicted octanol–water partition coefficient (Wildman–Crippen LogP) is 2.56. The van der Waals surface area contributed by atoms with E-state index in [1.807, 2.05) is 12.1 Å². The Balaban J connectivity index is 2.94. The van der Waals surface area contributed by atoms with E-state index in [1.54, 1.807) is 40.0 Å². The summed E-state index contributed by atoms with van der Waals surface area (Å²) in [5, 5.41) is 12.0. The van der Waals surface area contributed by atoms with Crippen LogP contribution in [-0.4, -0.2) is 30.7 Å². The second-order valence-corrected chi connectivity index (χ2v) is 6.03. The average Bonchev–Trinajstić information content (AvgIpc) is 2.35. The van der Waals surface area contributed by atoms with Gasteiger partial charge >= 0.3 is 5.97 Å². The van der Waals surface area contributed by atoms with Gasteiger partial charge in [0.2, 0.25) is 5.91 Å². The molecular formula is C16H23NO4. The van der Waals surface area contributed by atoms with Crippen molar-refractivity contribution in [3.63, 3.8) is 0 Å². The highest BCUT2D eigenvalue weighted by Crippen LogP contribution is 2.28. The molecule has 0 aromatic heterocycles. The fourth-order valence-electron chi connectivity index (χ4n) is 2.15. The number of ether oxygens (including phenoxy) is 1. The third-order valence-corrected chi connectivity index (χ3v) is 3.23. The highest BCUT2D eigenvalue weighted by molar-refractivity contribution is 6.05. The first-order valence-corrected chi connectivity index (χ1v) is 6.88. The Bertz CT molecular complexity index is 505. The van der Waals surface area contributed by atoms with Gasteiger partial charge in [-0.2, -0.15) is 0 Å². The van der Waals surface area contributed by atoms with E-state index in [4.69, 9.17) is 4.74 Å². The molecule has 1 atom stereocenters. The van der Waals surface area contributed by atoms with Crippen LogP contribution in [0, 0.1) is 11.3 Å². The van der Waals surface area contributed by atoms with Crippen molar-refractivity contribution in [2.75, 3.05) is 19.0 Å². The summed E-state index contributed by atoms with van der Waals surface area (Å²) in [5.41, 5.74) is 0.901. The van der Waals surface area contributed by atoms with E-state index in [0.717, 1.165) is 5.56 Å². The second kappa shape index (κ2) is 7.22. The molecular weight excluding hydrogens is 270 g/mol. The number of methoxy groups -OCH3 is 1. The van der Waals surface area contributed by atoms with E-state index in [1.165, 1.54) is 0 Å². The molecule has 1 aromatic carbocycles. The smallest absolute Gasteiger partial charge is 0.316 e. The van der Waals surface area contributed by atoms with E-state index >= 15 is 0 Å². The number of carboxylic acid groups (broad SMARTS) is 1. The lowest BCUT2D eigenvalue weighted by molar-refractivity contribution is -0.149. The topological polar surface area (TPSA) is 75.6 Å². The normalized spacial score (nSPS) is 12.8. The Hall–Kier alpha value is -1.88. The summed E-state index contributed by atoms with van der Waals surface area (Å²) in [5.74, 6) is -2.72. The zero-order valence-corrected chi connectivity index (χ0v) is 13.0. The third kappa shape index (κ3) is 4.86. The molecule has 116 valence electrons. The molecule has 0 bridgehead atoms. The second-order valence-electron chi connectivity index (χ2n) is 6.03. The minimum atomic E-state index is -1.12. The molecule has 5 nitrogen and oxygen atoms in total. The van der Waals surface area contributed by atoms with E-state index in [0.29, 0.717) is 18.7 Å². The van der Waals surface area contributed by atoms with Gasteiger partial charge in [-0.3, -0.25) is 9.59 Å². The molecule has 0 aliphatic heterocycles. The number of nitrogens with one attached hydrogen (secondary N) is 1. The van der Waals surface area contributed by atoms with Crippen molar-refractivity contribution in [3.8, 4) is 0 Å². The van der Waals surface area contributed by atoms with Gasteiger partial charge in [0.25, 0.3) is 0 Å². The minimum absolute atomic E-state index is 0.500. The molecule has 21 heavy (non-hydrogen) atoms. The lowest BCUT2D eigenvalue weighted by Crippen LogP contribution is -2.39. The van der Waals surface area contributed by atoms with Crippen LogP contribution in [0.3, 0.4) is 0 Å². The Kier molecular flexibility index (Phi) is 5.90. The Morgan fingerprint density at radius 1 is 1.29 bits per heavy atom. The molecule has 5 heteroatoms.